The second-order valence-electron chi connectivity index (χ2n) is 1.58. The summed E-state index contributed by atoms with van der Waals surface area (Å²) in [4.78, 5) is 9.93. The number of aliphatic carboxylic acids is 1. The monoisotopic (exact) mass is 146 g/mol. The summed E-state index contributed by atoms with van der Waals surface area (Å²) in [6.45, 7) is 0.628. The molecule has 0 aromatic carbocycles. The van der Waals surface area contributed by atoms with Gasteiger partial charge in [0.1, 0.15) is 12.5 Å². The normalized spacial score (nSPS) is 17.6. The van der Waals surface area contributed by atoms with E-state index in [1.54, 1.807) is 0 Å². The number of azo groups is 1. The minimum absolute atomic E-state index is 0.0926. The number of carbonyl (C=O) groups is 1. The zero-order valence-electron chi connectivity index (χ0n) is 4.74. The van der Waals surface area contributed by atoms with Gasteiger partial charge in [-0.3, -0.25) is 0 Å². The fraction of sp³-hybridized carbons (Fsp3) is 0.750. The first kappa shape index (κ1) is 6.54. The third kappa shape index (κ3) is 2.01. The standard InChI is InChI=1S/C4H6N2O2S/c7-4(8)3-6-5-1-2-9-6/h1-3H2. The molecule has 0 fully saturated rings. The lowest BCUT2D eigenvalue weighted by Gasteiger charge is -1.91. The van der Waals surface area contributed by atoms with Crippen LogP contribution in [-0.4, -0.2) is 28.9 Å². The van der Waals surface area contributed by atoms with Crippen molar-refractivity contribution in [2.24, 2.45) is 5.11 Å². The Morgan fingerprint density at radius 2 is 2.67 bits per heavy atom. The lowest BCUT2D eigenvalue weighted by atomic mass is 10.7. The number of hydrogen-bond acceptors (Lipinski definition) is 4. The molecule has 0 saturated carbocycles. The van der Waals surface area contributed by atoms with Gasteiger partial charge in [-0.2, -0.15) is 0 Å². The molecule has 0 unspecified atom stereocenters. The van der Waals surface area contributed by atoms with Crippen molar-refractivity contribution < 1.29 is 14.0 Å². The van der Waals surface area contributed by atoms with Gasteiger partial charge in [-0.1, -0.05) is 0 Å². The molecule has 0 N–H and O–H groups in total. The van der Waals surface area contributed by atoms with Gasteiger partial charge in [0.15, 0.2) is 11.9 Å². The molecule has 4 nitrogen and oxygen atoms in total. The van der Waals surface area contributed by atoms with E-state index < -0.39 is 5.97 Å². The van der Waals surface area contributed by atoms with Gasteiger partial charge >= 0.3 is 0 Å². The third-order valence-electron chi connectivity index (χ3n) is 0.854. The van der Waals surface area contributed by atoms with Crippen LogP contribution in [0.3, 0.4) is 0 Å². The number of nitrogens with zero attached hydrogens (tertiary/aromatic N) is 2. The Kier molecular flexibility index (Phi) is 2.05. The molecule has 0 aromatic heterocycles. The van der Waals surface area contributed by atoms with Crippen LogP contribution in [0.25, 0.3) is 0 Å². The van der Waals surface area contributed by atoms with Crippen molar-refractivity contribution in [3.8, 4) is 0 Å². The Hall–Kier alpha value is -0.580. The summed E-state index contributed by atoms with van der Waals surface area (Å²) in [7, 11) is 0. The van der Waals surface area contributed by atoms with Gasteiger partial charge in [-0.25, -0.2) is 0 Å². The lowest BCUT2D eigenvalue weighted by Crippen LogP contribution is -2.29. The molecule has 0 amide bonds. The topological polar surface area (TPSA) is 55.5 Å². The zero-order chi connectivity index (χ0) is 6.69. The van der Waals surface area contributed by atoms with E-state index in [1.807, 2.05) is 0 Å². The molecule has 1 aliphatic heterocycles. The Morgan fingerprint density at radius 3 is 3.11 bits per heavy atom. The van der Waals surface area contributed by atoms with Crippen LogP contribution < -0.4 is 5.11 Å². The van der Waals surface area contributed by atoms with Crippen molar-refractivity contribution in [2.75, 3.05) is 18.8 Å². The Labute approximate surface area is 56.7 Å². The van der Waals surface area contributed by atoms with Crippen LogP contribution in [0.15, 0.2) is 5.11 Å². The van der Waals surface area contributed by atoms with Gasteiger partial charge in [0, 0.05) is 0 Å². The highest BCUT2D eigenvalue weighted by molar-refractivity contribution is 7.93. The largest absolute Gasteiger partial charge is 0.544 e. The predicted molar refractivity (Wildman–Crippen MR) is 29.9 cm³/mol. The molecule has 5 heteroatoms. The van der Waals surface area contributed by atoms with Crippen molar-refractivity contribution in [3.05, 3.63) is 0 Å². The van der Waals surface area contributed by atoms with Crippen molar-refractivity contribution in [2.45, 2.75) is 0 Å². The molecule has 1 heterocycles. The molecule has 0 bridgehead atoms. The molecule has 0 saturated heterocycles. The highest BCUT2D eigenvalue weighted by Gasteiger charge is 2.15. The summed E-state index contributed by atoms with van der Waals surface area (Å²) in [6, 6.07) is 0. The number of rotatable bonds is 2. The van der Waals surface area contributed by atoms with E-state index in [4.69, 9.17) is 0 Å². The van der Waals surface area contributed by atoms with E-state index in [2.05, 4.69) is 5.11 Å². The van der Waals surface area contributed by atoms with Gasteiger partial charge in [0.2, 0.25) is 6.54 Å². The van der Waals surface area contributed by atoms with E-state index in [0.29, 0.717) is 0 Å². The van der Waals surface area contributed by atoms with Gasteiger partial charge < -0.3 is 9.90 Å². The van der Waals surface area contributed by atoms with E-state index in [0.717, 1.165) is 12.3 Å². The maximum Gasteiger partial charge on any atom is 0.222 e. The van der Waals surface area contributed by atoms with Gasteiger partial charge in [0.05, 0.1) is 5.75 Å². The summed E-state index contributed by atoms with van der Waals surface area (Å²) < 4.78 is 1.44. The first-order valence-corrected chi connectivity index (χ1v) is 3.51. The SMILES string of the molecule is O=C([O-])C[N+]1=NCCS1. The highest BCUT2D eigenvalue weighted by atomic mass is 32.2. The molecule has 0 spiro atoms. The van der Waals surface area contributed by atoms with Crippen LogP contribution in [-0.2, 0) is 4.79 Å². The molecule has 0 radical (unpaired) electrons. The first-order chi connectivity index (χ1) is 4.29. The fourth-order valence-electron chi connectivity index (χ4n) is 0.545. The maximum atomic E-state index is 9.93. The molecule has 0 atom stereocenters. The molecule has 0 aromatic rings. The molecular formula is C4H6N2O2S. The summed E-state index contributed by atoms with van der Waals surface area (Å²) in [5.41, 5.74) is 0. The van der Waals surface area contributed by atoms with Crippen molar-refractivity contribution >= 4 is 17.9 Å². The highest BCUT2D eigenvalue weighted by Crippen LogP contribution is 2.09. The zero-order valence-corrected chi connectivity index (χ0v) is 5.56. The number of carboxylic acids is 1. The Bertz CT molecular complexity index is 157. The lowest BCUT2D eigenvalue weighted by molar-refractivity contribution is -0.433. The van der Waals surface area contributed by atoms with Crippen LogP contribution in [0.1, 0.15) is 0 Å². The molecule has 50 valence electrons. The number of hydrogen-bond donors (Lipinski definition) is 0. The fourth-order valence-corrected chi connectivity index (χ4v) is 1.28. The minimum atomic E-state index is -1.08. The molecule has 1 aliphatic rings. The molecule has 1 rings (SSSR count). The Balaban J connectivity index is 2.35. The molecule has 9 heavy (non-hydrogen) atoms. The van der Waals surface area contributed by atoms with Gasteiger partial charge in [0.25, 0.3) is 0 Å². The average molecular weight is 146 g/mol. The summed E-state index contributed by atoms with van der Waals surface area (Å²) in [5, 5.41) is 13.8. The van der Waals surface area contributed by atoms with Crippen molar-refractivity contribution in [1.82, 2.24) is 0 Å². The summed E-state index contributed by atoms with van der Waals surface area (Å²) >= 11 is 1.42. The van der Waals surface area contributed by atoms with Gasteiger partial charge in [-0.05, 0) is 9.22 Å². The second kappa shape index (κ2) is 2.82. The van der Waals surface area contributed by atoms with Crippen LogP contribution in [0.5, 0.6) is 0 Å². The van der Waals surface area contributed by atoms with Crippen molar-refractivity contribution in [1.29, 1.82) is 0 Å². The average Bonchev–Trinajstić information content (AvgIpc) is 2.15. The predicted octanol–water partition coefficient (Wildman–Crippen LogP) is -1.14. The van der Waals surface area contributed by atoms with Crippen LogP contribution in [0, 0.1) is 0 Å². The van der Waals surface area contributed by atoms with Crippen LogP contribution >= 0.6 is 11.9 Å². The Morgan fingerprint density at radius 1 is 1.89 bits per heavy atom. The third-order valence-corrected chi connectivity index (χ3v) is 1.76. The van der Waals surface area contributed by atoms with Crippen molar-refractivity contribution in [3.63, 3.8) is 0 Å². The minimum Gasteiger partial charge on any atom is -0.544 e. The van der Waals surface area contributed by atoms with E-state index >= 15 is 0 Å². The first-order valence-electron chi connectivity index (χ1n) is 2.57. The quantitative estimate of drug-likeness (QED) is 0.365. The smallest absolute Gasteiger partial charge is 0.222 e. The van der Waals surface area contributed by atoms with Crippen LogP contribution in [0.4, 0.5) is 0 Å². The summed E-state index contributed by atoms with van der Waals surface area (Å²) in [5.74, 6) is -0.194. The van der Waals surface area contributed by atoms with E-state index in [9.17, 15) is 9.90 Å². The molecular weight excluding hydrogens is 140 g/mol. The molecule has 0 aliphatic carbocycles. The summed E-state index contributed by atoms with van der Waals surface area (Å²) in [6.07, 6.45) is 0. The van der Waals surface area contributed by atoms with E-state index in [1.165, 1.54) is 16.1 Å². The number of carboxylic acid groups (broad SMARTS) is 1. The second-order valence-corrected chi connectivity index (χ2v) is 2.67. The number of carbonyl (C=O) groups excluding carboxylic acids is 1. The maximum absolute atomic E-state index is 9.93. The van der Waals surface area contributed by atoms with Crippen LogP contribution in [0.2, 0.25) is 0 Å². The van der Waals surface area contributed by atoms with E-state index in [-0.39, 0.29) is 6.54 Å². The van der Waals surface area contributed by atoms with Gasteiger partial charge in [-0.15, -0.1) is 0 Å².